The molecule has 2 aromatic heterocycles. The van der Waals surface area contributed by atoms with Crippen LogP contribution in [0.25, 0.3) is 0 Å². The smallest absolute Gasteiger partial charge is 0.250 e. The van der Waals surface area contributed by atoms with Gasteiger partial charge in [-0.2, -0.15) is 9.94 Å². The maximum atomic E-state index is 11.9. The van der Waals surface area contributed by atoms with Gasteiger partial charge in [0.05, 0.1) is 6.04 Å². The van der Waals surface area contributed by atoms with E-state index in [2.05, 4.69) is 25.3 Å². The van der Waals surface area contributed by atoms with Crippen LogP contribution in [0.2, 0.25) is 0 Å². The van der Waals surface area contributed by atoms with Gasteiger partial charge in [-0.25, -0.2) is 8.42 Å². The van der Waals surface area contributed by atoms with Gasteiger partial charge in [-0.3, -0.25) is 0 Å². The van der Waals surface area contributed by atoms with Crippen molar-refractivity contribution in [3.63, 3.8) is 0 Å². The van der Waals surface area contributed by atoms with Crippen molar-refractivity contribution < 1.29 is 8.42 Å². The second-order valence-corrected chi connectivity index (χ2v) is 6.16. The summed E-state index contributed by atoms with van der Waals surface area (Å²) in [7, 11) is -3.60. The Morgan fingerprint density at radius 2 is 2.35 bits per heavy atom. The van der Waals surface area contributed by atoms with Crippen molar-refractivity contribution in [1.29, 1.82) is 0 Å². The number of H-pyrrole nitrogens is 1. The zero-order valence-electron chi connectivity index (χ0n) is 8.78. The Labute approximate surface area is 101 Å². The molecule has 0 radical (unpaired) electrons. The van der Waals surface area contributed by atoms with Crippen LogP contribution in [0, 0.1) is 0 Å². The molecule has 0 aliphatic rings. The normalized spacial score (nSPS) is 13.7. The van der Waals surface area contributed by atoms with Gasteiger partial charge in [0.1, 0.15) is 4.21 Å². The Morgan fingerprint density at radius 1 is 1.59 bits per heavy atom. The van der Waals surface area contributed by atoms with Crippen LogP contribution in [0.4, 0.5) is 5.69 Å². The van der Waals surface area contributed by atoms with E-state index in [1.54, 1.807) is 12.3 Å². The average molecular weight is 274 g/mol. The summed E-state index contributed by atoms with van der Waals surface area (Å²) >= 11 is 1.06. The molecule has 92 valence electrons. The van der Waals surface area contributed by atoms with Crippen molar-refractivity contribution in [2.75, 3.05) is 5.73 Å². The first kappa shape index (κ1) is 12.0. The Balaban J connectivity index is 2.18. The number of hydrogen-bond donors (Lipinski definition) is 3. The number of tetrazole rings is 1. The molecule has 17 heavy (non-hydrogen) atoms. The maximum absolute atomic E-state index is 11.9. The minimum Gasteiger partial charge on any atom is -0.398 e. The lowest BCUT2D eigenvalue weighted by molar-refractivity contribution is 0.562. The number of sulfonamides is 1. The Hall–Kier alpha value is -1.52. The average Bonchev–Trinajstić information content (AvgIpc) is 2.86. The van der Waals surface area contributed by atoms with Crippen LogP contribution in [0.5, 0.6) is 0 Å². The highest BCUT2D eigenvalue weighted by atomic mass is 32.2. The van der Waals surface area contributed by atoms with E-state index in [1.165, 1.54) is 6.07 Å². The zero-order chi connectivity index (χ0) is 12.5. The molecule has 0 saturated carbocycles. The summed E-state index contributed by atoms with van der Waals surface area (Å²) in [5, 5.41) is 14.6. The third kappa shape index (κ3) is 2.60. The second kappa shape index (κ2) is 4.39. The maximum Gasteiger partial charge on any atom is 0.250 e. The van der Waals surface area contributed by atoms with Crippen LogP contribution >= 0.6 is 11.3 Å². The van der Waals surface area contributed by atoms with Crippen LogP contribution in [-0.4, -0.2) is 29.0 Å². The van der Waals surface area contributed by atoms with E-state index in [0.29, 0.717) is 5.69 Å². The predicted molar refractivity (Wildman–Crippen MR) is 61.6 cm³/mol. The van der Waals surface area contributed by atoms with E-state index in [9.17, 15) is 8.42 Å². The first-order valence-electron chi connectivity index (χ1n) is 4.59. The third-order valence-corrected chi connectivity index (χ3v) is 4.94. The van der Waals surface area contributed by atoms with Crippen molar-refractivity contribution >= 4 is 27.0 Å². The van der Waals surface area contributed by atoms with Gasteiger partial charge in [-0.1, -0.05) is 5.21 Å². The first-order chi connectivity index (χ1) is 7.99. The third-order valence-electron chi connectivity index (χ3n) is 1.94. The molecule has 0 bridgehead atoms. The molecule has 8 nitrogen and oxygen atoms in total. The lowest BCUT2D eigenvalue weighted by Gasteiger charge is -2.08. The lowest BCUT2D eigenvalue weighted by atomic mass is 10.4. The second-order valence-electron chi connectivity index (χ2n) is 3.31. The summed E-state index contributed by atoms with van der Waals surface area (Å²) < 4.78 is 26.4. The predicted octanol–water partition coefficient (Wildman–Crippen LogP) is -0.117. The van der Waals surface area contributed by atoms with Gasteiger partial charge < -0.3 is 5.73 Å². The molecule has 10 heteroatoms. The van der Waals surface area contributed by atoms with E-state index in [1.807, 2.05) is 0 Å². The number of nitrogens with two attached hydrogens (primary N) is 1. The molecule has 0 saturated heterocycles. The fraction of sp³-hybridized carbons (Fsp3) is 0.286. The summed E-state index contributed by atoms with van der Waals surface area (Å²) in [5.41, 5.74) is 5.90. The van der Waals surface area contributed by atoms with E-state index < -0.39 is 16.1 Å². The summed E-state index contributed by atoms with van der Waals surface area (Å²) in [6, 6.07) is 0.831. The van der Waals surface area contributed by atoms with Gasteiger partial charge in [0, 0.05) is 11.1 Å². The number of hydrogen-bond acceptors (Lipinski definition) is 7. The number of aromatic amines is 1. The Kier molecular flexibility index (Phi) is 3.09. The van der Waals surface area contributed by atoms with Gasteiger partial charge >= 0.3 is 0 Å². The minimum absolute atomic E-state index is 0.158. The number of aromatic nitrogens is 4. The minimum atomic E-state index is -3.60. The molecule has 4 N–H and O–H groups in total. The summed E-state index contributed by atoms with van der Waals surface area (Å²) in [6.07, 6.45) is 0. The van der Waals surface area contributed by atoms with Crippen molar-refractivity contribution in [1.82, 2.24) is 25.3 Å². The van der Waals surface area contributed by atoms with Gasteiger partial charge in [0.2, 0.25) is 0 Å². The number of nitrogen functional groups attached to an aromatic ring is 1. The van der Waals surface area contributed by atoms with Crippen molar-refractivity contribution in [2.45, 2.75) is 17.2 Å². The highest BCUT2D eigenvalue weighted by Crippen LogP contribution is 2.22. The number of nitrogens with zero attached hydrogens (tertiary/aromatic N) is 3. The number of thiophene rings is 1. The molecule has 0 aliphatic carbocycles. The molecule has 0 aliphatic heterocycles. The van der Waals surface area contributed by atoms with Crippen LogP contribution < -0.4 is 10.5 Å². The molecule has 0 fully saturated rings. The Morgan fingerprint density at radius 3 is 2.88 bits per heavy atom. The molecule has 0 amide bonds. The number of rotatable bonds is 4. The highest BCUT2D eigenvalue weighted by Gasteiger charge is 2.22. The molecule has 2 rings (SSSR count). The molecule has 0 spiro atoms. The van der Waals surface area contributed by atoms with E-state index in [0.717, 1.165) is 11.3 Å². The van der Waals surface area contributed by atoms with Gasteiger partial charge in [0.15, 0.2) is 5.82 Å². The number of anilines is 1. The quantitative estimate of drug-likeness (QED) is 0.713. The van der Waals surface area contributed by atoms with Crippen molar-refractivity contribution in [3.8, 4) is 0 Å². The fourth-order valence-corrected chi connectivity index (χ4v) is 3.47. The summed E-state index contributed by atoms with van der Waals surface area (Å²) in [4.78, 5) is 0. The Bertz CT molecular complexity index is 590. The van der Waals surface area contributed by atoms with E-state index >= 15 is 0 Å². The monoisotopic (exact) mass is 274 g/mol. The number of nitrogens with one attached hydrogen (secondary N) is 2. The molecule has 1 unspecified atom stereocenters. The summed E-state index contributed by atoms with van der Waals surface area (Å²) in [6.45, 7) is 1.62. The van der Waals surface area contributed by atoms with Crippen molar-refractivity contribution in [3.05, 3.63) is 17.3 Å². The van der Waals surface area contributed by atoms with Crippen LogP contribution in [-0.2, 0) is 10.0 Å². The van der Waals surface area contributed by atoms with Crippen LogP contribution in [0.15, 0.2) is 15.7 Å². The lowest BCUT2D eigenvalue weighted by Crippen LogP contribution is -2.27. The summed E-state index contributed by atoms with van der Waals surface area (Å²) in [5.74, 6) is 0.276. The highest BCUT2D eigenvalue weighted by molar-refractivity contribution is 7.91. The molecule has 0 aromatic carbocycles. The fourth-order valence-electron chi connectivity index (χ4n) is 1.17. The van der Waals surface area contributed by atoms with Gasteiger partial charge in [-0.05, 0) is 13.0 Å². The van der Waals surface area contributed by atoms with E-state index in [-0.39, 0.29) is 10.0 Å². The molecular formula is C7H10N6O2S2. The first-order valence-corrected chi connectivity index (χ1v) is 6.95. The largest absolute Gasteiger partial charge is 0.398 e. The molecule has 2 aromatic rings. The van der Waals surface area contributed by atoms with Crippen LogP contribution in [0.3, 0.4) is 0 Å². The van der Waals surface area contributed by atoms with Gasteiger partial charge in [-0.15, -0.1) is 21.5 Å². The van der Waals surface area contributed by atoms with E-state index in [4.69, 9.17) is 5.73 Å². The van der Waals surface area contributed by atoms with Gasteiger partial charge in [0.25, 0.3) is 10.0 Å². The molecule has 1 atom stereocenters. The SMILES string of the molecule is CC(NS(=O)(=O)c1cc(N)cs1)c1nn[nH]n1. The standard InChI is InChI=1S/C7H10N6O2S2/c1-4(7-9-12-13-10-7)11-17(14,15)6-2-5(8)3-16-6/h2-4,11H,8H2,1H3,(H,9,10,12,13). The van der Waals surface area contributed by atoms with Crippen LogP contribution in [0.1, 0.15) is 18.8 Å². The zero-order valence-corrected chi connectivity index (χ0v) is 10.4. The van der Waals surface area contributed by atoms with Crippen molar-refractivity contribution in [2.24, 2.45) is 0 Å². The molecule has 2 heterocycles. The molecular weight excluding hydrogens is 264 g/mol. The topological polar surface area (TPSA) is 127 Å².